The Hall–Kier alpha value is -0.120. The van der Waals surface area contributed by atoms with Crippen LogP contribution in [-0.2, 0) is 9.47 Å². The third kappa shape index (κ3) is 1.68. The van der Waals surface area contributed by atoms with Gasteiger partial charge >= 0.3 is 0 Å². The number of nitrogens with zero attached hydrogens (tertiary/aromatic N) is 1. The molecule has 3 nitrogen and oxygen atoms in total. The fourth-order valence-electron chi connectivity index (χ4n) is 1.28. The predicted molar refractivity (Wildman–Crippen MR) is 37.8 cm³/mol. The van der Waals surface area contributed by atoms with E-state index in [1.165, 1.54) is 6.42 Å². The SMILES string of the molecule is COC(OC)C1CCC[N]1. The summed E-state index contributed by atoms with van der Waals surface area (Å²) in [6, 6.07) is 0.273. The van der Waals surface area contributed by atoms with E-state index >= 15 is 0 Å². The van der Waals surface area contributed by atoms with E-state index in [0.717, 1.165) is 13.0 Å². The fourth-order valence-corrected chi connectivity index (χ4v) is 1.28. The van der Waals surface area contributed by atoms with Crippen molar-refractivity contribution in [2.24, 2.45) is 0 Å². The van der Waals surface area contributed by atoms with E-state index in [-0.39, 0.29) is 12.3 Å². The molecule has 0 spiro atoms. The average Bonchev–Trinajstić information content (AvgIpc) is 2.43. The van der Waals surface area contributed by atoms with E-state index in [9.17, 15) is 0 Å². The topological polar surface area (TPSA) is 32.6 Å². The molecule has 10 heavy (non-hydrogen) atoms. The highest BCUT2D eigenvalue weighted by Crippen LogP contribution is 2.13. The second-order valence-corrected chi connectivity index (χ2v) is 2.46. The van der Waals surface area contributed by atoms with Crippen LogP contribution in [-0.4, -0.2) is 33.1 Å². The molecule has 1 radical (unpaired) electrons. The molecule has 0 amide bonds. The number of hydrogen-bond acceptors (Lipinski definition) is 2. The van der Waals surface area contributed by atoms with Gasteiger partial charge in [-0.15, -0.1) is 0 Å². The van der Waals surface area contributed by atoms with Crippen LogP contribution in [0.3, 0.4) is 0 Å². The van der Waals surface area contributed by atoms with Crippen LogP contribution < -0.4 is 5.32 Å². The maximum absolute atomic E-state index is 5.07. The Kier molecular flexibility index (Phi) is 3.12. The van der Waals surface area contributed by atoms with Gasteiger partial charge in [-0.1, -0.05) is 0 Å². The summed E-state index contributed by atoms with van der Waals surface area (Å²) in [5.74, 6) is 0. The number of ether oxygens (including phenoxy) is 2. The van der Waals surface area contributed by atoms with Crippen molar-refractivity contribution in [3.05, 3.63) is 0 Å². The molecule has 59 valence electrons. The maximum atomic E-state index is 5.07. The summed E-state index contributed by atoms with van der Waals surface area (Å²) in [6.07, 6.45) is 2.16. The molecule has 0 N–H and O–H groups in total. The van der Waals surface area contributed by atoms with E-state index in [0.29, 0.717) is 0 Å². The lowest BCUT2D eigenvalue weighted by atomic mass is 10.2. The second kappa shape index (κ2) is 3.91. The van der Waals surface area contributed by atoms with Gasteiger partial charge in [-0.25, -0.2) is 5.32 Å². The van der Waals surface area contributed by atoms with Gasteiger partial charge in [0.2, 0.25) is 0 Å². The minimum absolute atomic E-state index is 0.123. The quantitative estimate of drug-likeness (QED) is 0.536. The van der Waals surface area contributed by atoms with E-state index in [2.05, 4.69) is 5.32 Å². The first-order valence-corrected chi connectivity index (χ1v) is 3.60. The van der Waals surface area contributed by atoms with E-state index in [1.54, 1.807) is 14.2 Å². The van der Waals surface area contributed by atoms with Gasteiger partial charge in [0.1, 0.15) is 0 Å². The smallest absolute Gasteiger partial charge is 0.173 e. The largest absolute Gasteiger partial charge is 0.354 e. The summed E-state index contributed by atoms with van der Waals surface area (Å²) in [4.78, 5) is 0. The molecule has 1 unspecified atom stereocenters. The molecule has 0 aromatic carbocycles. The summed E-state index contributed by atoms with van der Waals surface area (Å²) in [5.41, 5.74) is 0. The van der Waals surface area contributed by atoms with Crippen molar-refractivity contribution >= 4 is 0 Å². The van der Waals surface area contributed by atoms with Gasteiger partial charge in [0.15, 0.2) is 6.29 Å². The molecule has 1 aliphatic heterocycles. The first kappa shape index (κ1) is 7.98. The molecule has 1 saturated heterocycles. The summed E-state index contributed by atoms with van der Waals surface area (Å²) >= 11 is 0. The lowest BCUT2D eigenvalue weighted by Gasteiger charge is -2.18. The minimum atomic E-state index is -0.123. The number of hydrogen-bond donors (Lipinski definition) is 0. The first-order chi connectivity index (χ1) is 4.88. The van der Waals surface area contributed by atoms with Crippen molar-refractivity contribution in [1.82, 2.24) is 5.32 Å². The minimum Gasteiger partial charge on any atom is -0.354 e. The highest BCUT2D eigenvalue weighted by molar-refractivity contribution is 4.76. The van der Waals surface area contributed by atoms with Crippen LogP contribution in [0.2, 0.25) is 0 Å². The van der Waals surface area contributed by atoms with Crippen LogP contribution in [0, 0.1) is 0 Å². The van der Waals surface area contributed by atoms with Gasteiger partial charge in [-0.3, -0.25) is 0 Å². The predicted octanol–water partition coefficient (Wildman–Crippen LogP) is 0.372. The molecule has 3 heteroatoms. The Morgan fingerprint density at radius 3 is 2.50 bits per heavy atom. The zero-order valence-electron chi connectivity index (χ0n) is 6.54. The Labute approximate surface area is 61.7 Å². The Morgan fingerprint density at radius 2 is 2.10 bits per heavy atom. The highest BCUT2D eigenvalue weighted by Gasteiger charge is 2.24. The molecule has 1 aliphatic rings. The van der Waals surface area contributed by atoms with Gasteiger partial charge in [-0.2, -0.15) is 0 Å². The van der Waals surface area contributed by atoms with Crippen molar-refractivity contribution < 1.29 is 9.47 Å². The van der Waals surface area contributed by atoms with E-state index in [4.69, 9.17) is 9.47 Å². The van der Waals surface area contributed by atoms with Crippen LogP contribution in [0.25, 0.3) is 0 Å². The lowest BCUT2D eigenvalue weighted by molar-refractivity contribution is -0.120. The van der Waals surface area contributed by atoms with Gasteiger partial charge in [0.05, 0.1) is 6.04 Å². The zero-order chi connectivity index (χ0) is 7.40. The average molecular weight is 144 g/mol. The van der Waals surface area contributed by atoms with Crippen LogP contribution >= 0.6 is 0 Å². The zero-order valence-corrected chi connectivity index (χ0v) is 6.54. The number of rotatable bonds is 3. The van der Waals surface area contributed by atoms with Crippen LogP contribution in [0.1, 0.15) is 12.8 Å². The number of methoxy groups -OCH3 is 2. The van der Waals surface area contributed by atoms with E-state index in [1.807, 2.05) is 0 Å². The Balaban J connectivity index is 2.29. The van der Waals surface area contributed by atoms with Crippen molar-refractivity contribution in [2.75, 3.05) is 20.8 Å². The molecule has 1 heterocycles. The van der Waals surface area contributed by atoms with Gasteiger partial charge in [0.25, 0.3) is 0 Å². The summed E-state index contributed by atoms with van der Waals surface area (Å²) < 4.78 is 10.1. The van der Waals surface area contributed by atoms with Crippen LogP contribution in [0.15, 0.2) is 0 Å². The van der Waals surface area contributed by atoms with Crippen molar-refractivity contribution in [3.8, 4) is 0 Å². The molecule has 0 bridgehead atoms. The van der Waals surface area contributed by atoms with Crippen molar-refractivity contribution in [3.63, 3.8) is 0 Å². The molecular weight excluding hydrogens is 130 g/mol. The fraction of sp³-hybridized carbons (Fsp3) is 1.00. The second-order valence-electron chi connectivity index (χ2n) is 2.46. The first-order valence-electron chi connectivity index (χ1n) is 3.60. The standard InChI is InChI=1S/C7H14NO2/c1-9-7(10-2)6-4-3-5-8-6/h6-7H,3-5H2,1-2H3. The molecule has 1 atom stereocenters. The Bertz CT molecular complexity index is 87.6. The van der Waals surface area contributed by atoms with Gasteiger partial charge < -0.3 is 9.47 Å². The van der Waals surface area contributed by atoms with Gasteiger partial charge in [0, 0.05) is 20.8 Å². The molecule has 0 saturated carbocycles. The third-order valence-electron chi connectivity index (χ3n) is 1.80. The molecule has 1 fully saturated rings. The van der Waals surface area contributed by atoms with Crippen LogP contribution in [0.5, 0.6) is 0 Å². The molecule has 1 rings (SSSR count). The summed E-state index contributed by atoms with van der Waals surface area (Å²) in [7, 11) is 3.31. The lowest BCUT2D eigenvalue weighted by Crippen LogP contribution is -2.33. The molecule has 0 aromatic heterocycles. The highest BCUT2D eigenvalue weighted by atomic mass is 16.7. The third-order valence-corrected chi connectivity index (χ3v) is 1.80. The summed E-state index contributed by atoms with van der Waals surface area (Å²) in [5, 5.41) is 4.33. The molecule has 0 aliphatic carbocycles. The summed E-state index contributed by atoms with van der Waals surface area (Å²) in [6.45, 7) is 0.966. The normalized spacial score (nSPS) is 26.1. The van der Waals surface area contributed by atoms with E-state index < -0.39 is 0 Å². The van der Waals surface area contributed by atoms with Crippen LogP contribution in [0.4, 0.5) is 0 Å². The van der Waals surface area contributed by atoms with Crippen molar-refractivity contribution in [1.29, 1.82) is 0 Å². The molecular formula is C7H14NO2. The maximum Gasteiger partial charge on any atom is 0.173 e. The van der Waals surface area contributed by atoms with Crippen molar-refractivity contribution in [2.45, 2.75) is 25.2 Å². The Morgan fingerprint density at radius 1 is 1.40 bits per heavy atom. The molecule has 0 aromatic rings. The van der Waals surface area contributed by atoms with Gasteiger partial charge in [-0.05, 0) is 12.8 Å². The monoisotopic (exact) mass is 144 g/mol.